The predicted molar refractivity (Wildman–Crippen MR) is 77.3 cm³/mol. The van der Waals surface area contributed by atoms with Crippen molar-refractivity contribution in [1.82, 2.24) is 0 Å². The molecule has 1 aliphatic rings. The van der Waals surface area contributed by atoms with E-state index < -0.39 is 5.38 Å². The number of halogens is 2. The minimum atomic E-state index is -0.411. The topological polar surface area (TPSA) is 0 Å². The van der Waals surface area contributed by atoms with Crippen LogP contribution in [0.15, 0.2) is 36.4 Å². The molecular weight excluding hydrogens is 259 g/mol. The molecule has 1 aliphatic carbocycles. The van der Waals surface area contributed by atoms with Gasteiger partial charge in [-0.3, -0.25) is 0 Å². The van der Waals surface area contributed by atoms with Gasteiger partial charge in [-0.25, -0.2) is 4.39 Å². The van der Waals surface area contributed by atoms with Crippen molar-refractivity contribution in [2.45, 2.75) is 31.6 Å². The van der Waals surface area contributed by atoms with E-state index in [2.05, 4.69) is 12.1 Å². The monoisotopic (exact) mass is 274 g/mol. The van der Waals surface area contributed by atoms with Crippen molar-refractivity contribution in [2.75, 3.05) is 0 Å². The Balaban J connectivity index is 1.99. The summed E-state index contributed by atoms with van der Waals surface area (Å²) in [6.07, 6.45) is 3.48. The Morgan fingerprint density at radius 3 is 2.68 bits per heavy atom. The first-order valence-electron chi connectivity index (χ1n) is 6.67. The lowest BCUT2D eigenvalue weighted by atomic mass is 9.98. The molecule has 0 bridgehead atoms. The Kier molecular flexibility index (Phi) is 3.32. The van der Waals surface area contributed by atoms with Gasteiger partial charge in [0, 0.05) is 5.56 Å². The highest BCUT2D eigenvalue weighted by Crippen LogP contribution is 2.34. The van der Waals surface area contributed by atoms with Crippen molar-refractivity contribution in [2.24, 2.45) is 0 Å². The van der Waals surface area contributed by atoms with E-state index in [-0.39, 0.29) is 5.82 Å². The van der Waals surface area contributed by atoms with Gasteiger partial charge in [-0.1, -0.05) is 35.9 Å². The maximum absolute atomic E-state index is 13.9. The molecule has 0 heterocycles. The maximum Gasteiger partial charge on any atom is 0.128 e. The van der Waals surface area contributed by atoms with E-state index in [1.807, 2.05) is 19.1 Å². The van der Waals surface area contributed by atoms with Crippen molar-refractivity contribution in [1.29, 1.82) is 0 Å². The summed E-state index contributed by atoms with van der Waals surface area (Å²) in [6.45, 7) is 1.95. The molecule has 2 aromatic rings. The molecule has 0 saturated carbocycles. The highest BCUT2D eigenvalue weighted by molar-refractivity contribution is 6.22. The number of aryl methyl sites for hydroxylation is 3. The van der Waals surface area contributed by atoms with Gasteiger partial charge in [-0.15, -0.1) is 11.6 Å². The van der Waals surface area contributed by atoms with Crippen LogP contribution >= 0.6 is 11.6 Å². The summed E-state index contributed by atoms with van der Waals surface area (Å²) in [5.41, 5.74) is 5.38. The highest BCUT2D eigenvalue weighted by atomic mass is 35.5. The van der Waals surface area contributed by atoms with Crippen molar-refractivity contribution in [3.63, 3.8) is 0 Å². The van der Waals surface area contributed by atoms with Gasteiger partial charge in [0.1, 0.15) is 5.82 Å². The minimum absolute atomic E-state index is 0.230. The van der Waals surface area contributed by atoms with Gasteiger partial charge >= 0.3 is 0 Å². The molecule has 0 aromatic heterocycles. The fourth-order valence-corrected chi connectivity index (χ4v) is 3.09. The lowest BCUT2D eigenvalue weighted by Crippen LogP contribution is -1.99. The third kappa shape index (κ3) is 2.40. The minimum Gasteiger partial charge on any atom is -0.207 e. The quantitative estimate of drug-likeness (QED) is 0.680. The SMILES string of the molecule is Cc1ccc(F)c(C(Cl)c2ccc3c(c2)CCC3)c1. The summed E-state index contributed by atoms with van der Waals surface area (Å²) < 4.78 is 13.9. The van der Waals surface area contributed by atoms with Crippen LogP contribution in [0.1, 0.15) is 39.6 Å². The van der Waals surface area contributed by atoms with Crippen LogP contribution in [0.4, 0.5) is 4.39 Å². The number of hydrogen-bond acceptors (Lipinski definition) is 0. The average Bonchev–Trinajstić information content (AvgIpc) is 2.88. The Hall–Kier alpha value is -1.34. The number of fused-ring (bicyclic) bond motifs is 1. The fourth-order valence-electron chi connectivity index (χ4n) is 2.79. The lowest BCUT2D eigenvalue weighted by molar-refractivity contribution is 0.612. The zero-order chi connectivity index (χ0) is 13.4. The molecule has 0 fully saturated rings. The van der Waals surface area contributed by atoms with Gasteiger partial charge in [-0.05, 0) is 48.9 Å². The molecule has 2 heteroatoms. The summed E-state index contributed by atoms with van der Waals surface area (Å²) in [6, 6.07) is 11.4. The summed E-state index contributed by atoms with van der Waals surface area (Å²) in [5, 5.41) is -0.411. The molecule has 0 saturated heterocycles. The van der Waals surface area contributed by atoms with Crippen LogP contribution in [0.25, 0.3) is 0 Å². The van der Waals surface area contributed by atoms with Crippen LogP contribution in [-0.4, -0.2) is 0 Å². The van der Waals surface area contributed by atoms with Crippen molar-refractivity contribution in [3.05, 3.63) is 70.0 Å². The third-order valence-electron chi connectivity index (χ3n) is 3.84. The Bertz CT molecular complexity index is 619. The van der Waals surface area contributed by atoms with Crippen LogP contribution in [-0.2, 0) is 12.8 Å². The van der Waals surface area contributed by atoms with Gasteiger partial charge in [-0.2, -0.15) is 0 Å². The maximum atomic E-state index is 13.9. The molecule has 2 aromatic carbocycles. The van der Waals surface area contributed by atoms with E-state index in [1.165, 1.54) is 23.6 Å². The van der Waals surface area contributed by atoms with E-state index in [0.717, 1.165) is 24.0 Å². The van der Waals surface area contributed by atoms with E-state index in [0.29, 0.717) is 5.56 Å². The number of hydrogen-bond donors (Lipinski definition) is 0. The number of alkyl halides is 1. The molecule has 1 unspecified atom stereocenters. The van der Waals surface area contributed by atoms with Crippen LogP contribution in [0, 0.1) is 12.7 Å². The average molecular weight is 275 g/mol. The Labute approximate surface area is 118 Å². The van der Waals surface area contributed by atoms with E-state index >= 15 is 0 Å². The van der Waals surface area contributed by atoms with Gasteiger partial charge in [0.25, 0.3) is 0 Å². The summed E-state index contributed by atoms with van der Waals surface area (Å²) in [5.74, 6) is -0.230. The zero-order valence-electron chi connectivity index (χ0n) is 10.9. The summed E-state index contributed by atoms with van der Waals surface area (Å²) in [7, 11) is 0. The first-order valence-corrected chi connectivity index (χ1v) is 7.10. The molecular formula is C17H16ClF. The smallest absolute Gasteiger partial charge is 0.128 e. The van der Waals surface area contributed by atoms with Gasteiger partial charge in [0.05, 0.1) is 5.38 Å². The summed E-state index contributed by atoms with van der Waals surface area (Å²) in [4.78, 5) is 0. The molecule has 0 amide bonds. The van der Waals surface area contributed by atoms with Crippen molar-refractivity contribution in [3.8, 4) is 0 Å². The molecule has 19 heavy (non-hydrogen) atoms. The standard InChI is InChI=1S/C17H16ClF/c1-11-5-8-16(19)15(9-11)17(18)14-7-6-12-3-2-4-13(12)10-14/h5-10,17H,2-4H2,1H3. The van der Waals surface area contributed by atoms with Crippen LogP contribution in [0.2, 0.25) is 0 Å². The van der Waals surface area contributed by atoms with Crippen molar-refractivity contribution >= 4 is 11.6 Å². The second kappa shape index (κ2) is 4.97. The van der Waals surface area contributed by atoms with Crippen LogP contribution in [0.3, 0.4) is 0 Å². The molecule has 0 aliphatic heterocycles. The molecule has 1 atom stereocenters. The molecule has 0 spiro atoms. The van der Waals surface area contributed by atoms with E-state index in [4.69, 9.17) is 11.6 Å². The van der Waals surface area contributed by atoms with Crippen LogP contribution in [0.5, 0.6) is 0 Å². The zero-order valence-corrected chi connectivity index (χ0v) is 11.7. The Morgan fingerprint density at radius 1 is 1.05 bits per heavy atom. The first-order chi connectivity index (χ1) is 9.15. The van der Waals surface area contributed by atoms with E-state index in [1.54, 1.807) is 6.07 Å². The summed E-state index contributed by atoms with van der Waals surface area (Å²) >= 11 is 6.47. The predicted octanol–water partition coefficient (Wildman–Crippen LogP) is 4.95. The highest BCUT2D eigenvalue weighted by Gasteiger charge is 2.18. The fraction of sp³-hybridized carbons (Fsp3) is 0.294. The van der Waals surface area contributed by atoms with Crippen LogP contribution < -0.4 is 0 Å². The third-order valence-corrected chi connectivity index (χ3v) is 4.33. The normalized spacial score (nSPS) is 15.3. The molecule has 0 N–H and O–H groups in total. The number of rotatable bonds is 2. The largest absolute Gasteiger partial charge is 0.207 e. The molecule has 0 nitrogen and oxygen atoms in total. The van der Waals surface area contributed by atoms with Gasteiger partial charge in [0.2, 0.25) is 0 Å². The van der Waals surface area contributed by atoms with E-state index in [9.17, 15) is 4.39 Å². The second-order valence-corrected chi connectivity index (χ2v) is 5.71. The molecule has 98 valence electrons. The van der Waals surface area contributed by atoms with Crippen molar-refractivity contribution < 1.29 is 4.39 Å². The Morgan fingerprint density at radius 2 is 1.84 bits per heavy atom. The van der Waals surface area contributed by atoms with Gasteiger partial charge < -0.3 is 0 Å². The lowest BCUT2D eigenvalue weighted by Gasteiger charge is -2.13. The molecule has 3 rings (SSSR count). The number of benzene rings is 2. The molecule has 0 radical (unpaired) electrons. The van der Waals surface area contributed by atoms with Gasteiger partial charge in [0.15, 0.2) is 0 Å². The second-order valence-electron chi connectivity index (χ2n) is 5.27. The first kappa shape index (κ1) is 12.7.